The third-order valence-corrected chi connectivity index (χ3v) is 6.59. The molecule has 0 aliphatic heterocycles. The predicted molar refractivity (Wildman–Crippen MR) is 140 cm³/mol. The molecule has 3 aromatic rings. The highest BCUT2D eigenvalue weighted by molar-refractivity contribution is 7.13. The zero-order valence-electron chi connectivity index (χ0n) is 20.5. The van der Waals surface area contributed by atoms with E-state index < -0.39 is 6.04 Å². The molecule has 9 nitrogen and oxygen atoms in total. The summed E-state index contributed by atoms with van der Waals surface area (Å²) in [5.74, 6) is 0.109. The summed E-state index contributed by atoms with van der Waals surface area (Å²) in [5.41, 5.74) is 3.69. The van der Waals surface area contributed by atoms with Gasteiger partial charge in [0.15, 0.2) is 0 Å². The largest absolute Gasteiger partial charge is 0.394 e. The Kier molecular flexibility index (Phi) is 8.31. The van der Waals surface area contributed by atoms with Crippen molar-refractivity contribution in [3.63, 3.8) is 0 Å². The fourth-order valence-corrected chi connectivity index (χ4v) is 4.26. The first-order valence-electron chi connectivity index (χ1n) is 11.1. The van der Waals surface area contributed by atoms with Crippen LogP contribution in [0.15, 0.2) is 48.6 Å². The summed E-state index contributed by atoms with van der Waals surface area (Å²) in [6, 6.07) is 6.99. The molecule has 5 N–H and O–H groups in total. The van der Waals surface area contributed by atoms with Crippen molar-refractivity contribution in [2.24, 2.45) is 0 Å². The number of hydrogen-bond acceptors (Lipinski definition) is 9. The molecule has 0 aliphatic carbocycles. The van der Waals surface area contributed by atoms with Gasteiger partial charge < -0.3 is 26.5 Å². The van der Waals surface area contributed by atoms with Gasteiger partial charge in [-0.1, -0.05) is 32.9 Å². The van der Waals surface area contributed by atoms with Crippen LogP contribution in [-0.2, 0) is 5.41 Å². The molecule has 0 radical (unpaired) electrons. The highest BCUT2D eigenvalue weighted by Crippen LogP contribution is 2.28. The first kappa shape index (κ1) is 26.0. The number of allylic oxidation sites excluding steroid dienone is 1. The monoisotopic (exact) mass is 493 g/mol. The highest BCUT2D eigenvalue weighted by atomic mass is 32.1. The van der Waals surface area contributed by atoms with Crippen LogP contribution in [0.25, 0.3) is 11.3 Å². The van der Waals surface area contributed by atoms with E-state index in [1.54, 1.807) is 31.7 Å². The third-order valence-electron chi connectivity index (χ3n) is 5.17. The van der Waals surface area contributed by atoms with E-state index in [-0.39, 0.29) is 17.9 Å². The summed E-state index contributed by atoms with van der Waals surface area (Å²) in [6.07, 6.45) is 6.04. The van der Waals surface area contributed by atoms with E-state index in [2.05, 4.69) is 51.7 Å². The average molecular weight is 494 g/mol. The van der Waals surface area contributed by atoms with Crippen LogP contribution in [0.1, 0.15) is 52.6 Å². The Morgan fingerprint density at radius 2 is 2.03 bits per heavy atom. The van der Waals surface area contributed by atoms with Gasteiger partial charge >= 0.3 is 0 Å². The number of rotatable bonds is 9. The number of carbonyl (C=O) groups excluding carboxylic acids is 1. The molecule has 184 valence electrons. The summed E-state index contributed by atoms with van der Waals surface area (Å²) in [5, 5.41) is 27.2. The van der Waals surface area contributed by atoms with E-state index in [1.807, 2.05) is 25.1 Å². The standard InChI is InChI=1S/C25H31N7O2S/c1-15-10-16(19-8-9-28-24(32-19)30-17(11-26)12-27-5)6-7-18(15)20(14-33)31-22(34)21-13-29-23(35-21)25(2,3)4/h6-13,20,26-27,33H,14H2,1-5H3,(H,31,34)(H,28,30,32)/b17-12+,26-11?. The fourth-order valence-electron chi connectivity index (χ4n) is 3.38. The quantitative estimate of drug-likeness (QED) is 0.286. The van der Waals surface area contributed by atoms with Gasteiger partial charge in [-0.25, -0.2) is 15.0 Å². The van der Waals surface area contributed by atoms with Crippen molar-refractivity contribution in [2.75, 3.05) is 19.0 Å². The van der Waals surface area contributed by atoms with Crippen LogP contribution >= 0.6 is 11.3 Å². The number of aromatic nitrogens is 3. The van der Waals surface area contributed by atoms with Gasteiger partial charge in [0.25, 0.3) is 5.91 Å². The number of carbonyl (C=O) groups is 1. The number of aryl methyl sites for hydroxylation is 1. The van der Waals surface area contributed by atoms with E-state index >= 15 is 0 Å². The van der Waals surface area contributed by atoms with Gasteiger partial charge in [0, 0.05) is 36.6 Å². The molecule has 1 atom stereocenters. The lowest BCUT2D eigenvalue weighted by molar-refractivity contribution is 0.0920. The number of aliphatic hydroxyl groups excluding tert-OH is 1. The Balaban J connectivity index is 1.79. The second kappa shape index (κ2) is 11.2. The van der Waals surface area contributed by atoms with Crippen molar-refractivity contribution in [1.29, 1.82) is 5.41 Å². The lowest BCUT2D eigenvalue weighted by atomic mass is 9.98. The van der Waals surface area contributed by atoms with Gasteiger partial charge in [0.1, 0.15) is 4.88 Å². The molecule has 0 saturated carbocycles. The summed E-state index contributed by atoms with van der Waals surface area (Å²) in [7, 11) is 1.75. The Labute approximate surface area is 209 Å². The molecule has 0 bridgehead atoms. The van der Waals surface area contributed by atoms with Gasteiger partial charge in [-0.15, -0.1) is 11.3 Å². The molecule has 0 fully saturated rings. The normalized spacial score (nSPS) is 12.7. The van der Waals surface area contributed by atoms with Crippen LogP contribution in [0.4, 0.5) is 5.95 Å². The Morgan fingerprint density at radius 1 is 1.26 bits per heavy atom. The Morgan fingerprint density at radius 3 is 2.63 bits per heavy atom. The maximum Gasteiger partial charge on any atom is 0.263 e. The summed E-state index contributed by atoms with van der Waals surface area (Å²) in [4.78, 5) is 26.5. The molecule has 3 rings (SSSR count). The lowest BCUT2D eigenvalue weighted by Crippen LogP contribution is -2.30. The predicted octanol–water partition coefficient (Wildman–Crippen LogP) is 3.79. The maximum atomic E-state index is 12.8. The summed E-state index contributed by atoms with van der Waals surface area (Å²) < 4.78 is 0. The van der Waals surface area contributed by atoms with Crippen LogP contribution in [-0.4, -0.2) is 45.8 Å². The lowest BCUT2D eigenvalue weighted by Gasteiger charge is -2.19. The Hall–Kier alpha value is -3.63. The van der Waals surface area contributed by atoms with Gasteiger partial charge in [-0.2, -0.15) is 0 Å². The maximum absolute atomic E-state index is 12.8. The van der Waals surface area contributed by atoms with E-state index in [0.29, 0.717) is 22.2 Å². The average Bonchev–Trinajstić information content (AvgIpc) is 3.34. The minimum Gasteiger partial charge on any atom is -0.394 e. The first-order chi connectivity index (χ1) is 16.7. The number of thiazole rings is 1. The van der Waals surface area contributed by atoms with Crippen molar-refractivity contribution < 1.29 is 9.90 Å². The zero-order chi connectivity index (χ0) is 25.6. The van der Waals surface area contributed by atoms with Crippen LogP contribution in [0.3, 0.4) is 0 Å². The minimum absolute atomic E-state index is 0.132. The molecule has 2 aromatic heterocycles. The fraction of sp³-hybridized carbons (Fsp3) is 0.320. The van der Waals surface area contributed by atoms with Crippen molar-refractivity contribution in [1.82, 2.24) is 25.6 Å². The second-order valence-electron chi connectivity index (χ2n) is 8.98. The molecule has 0 saturated heterocycles. The number of anilines is 1. The third kappa shape index (κ3) is 6.49. The van der Waals surface area contributed by atoms with Gasteiger partial charge in [0.2, 0.25) is 5.95 Å². The van der Waals surface area contributed by atoms with E-state index in [1.165, 1.54) is 17.6 Å². The molecule has 0 spiro atoms. The SMILES string of the molecule is CN/C=C(\C=N)Nc1nccc(-c2ccc(C(CO)NC(=O)c3cnc(C(C)(C)C)s3)c(C)c2)n1. The van der Waals surface area contributed by atoms with E-state index in [4.69, 9.17) is 5.41 Å². The van der Waals surface area contributed by atoms with Gasteiger partial charge in [-0.05, 0) is 30.2 Å². The zero-order valence-corrected chi connectivity index (χ0v) is 21.3. The van der Waals surface area contributed by atoms with Gasteiger partial charge in [0.05, 0.1) is 35.2 Å². The molecule has 35 heavy (non-hydrogen) atoms. The number of benzene rings is 1. The van der Waals surface area contributed by atoms with Crippen LogP contribution < -0.4 is 16.0 Å². The Bertz CT molecular complexity index is 1230. The van der Waals surface area contributed by atoms with Crippen LogP contribution in [0, 0.1) is 12.3 Å². The summed E-state index contributed by atoms with van der Waals surface area (Å²) in [6.45, 7) is 7.86. The van der Waals surface area contributed by atoms with Gasteiger partial charge in [-0.3, -0.25) is 4.79 Å². The number of hydrogen-bond donors (Lipinski definition) is 5. The van der Waals surface area contributed by atoms with E-state index in [9.17, 15) is 9.90 Å². The smallest absolute Gasteiger partial charge is 0.263 e. The molecule has 0 aliphatic rings. The molecule has 1 amide bonds. The number of nitrogens with zero attached hydrogens (tertiary/aromatic N) is 3. The summed E-state index contributed by atoms with van der Waals surface area (Å²) >= 11 is 1.36. The highest BCUT2D eigenvalue weighted by Gasteiger charge is 2.23. The van der Waals surface area contributed by atoms with E-state index in [0.717, 1.165) is 21.7 Å². The first-order valence-corrected chi connectivity index (χ1v) is 11.9. The molecular weight excluding hydrogens is 462 g/mol. The number of aliphatic hydroxyl groups is 1. The van der Waals surface area contributed by atoms with Crippen LogP contribution in [0.2, 0.25) is 0 Å². The minimum atomic E-state index is -0.554. The van der Waals surface area contributed by atoms with Crippen LogP contribution in [0.5, 0.6) is 0 Å². The van der Waals surface area contributed by atoms with Crippen molar-refractivity contribution >= 4 is 29.4 Å². The molecule has 10 heteroatoms. The van der Waals surface area contributed by atoms with Crippen molar-refractivity contribution in [3.8, 4) is 11.3 Å². The number of amides is 1. The topological polar surface area (TPSA) is 136 Å². The van der Waals surface area contributed by atoms with Crippen molar-refractivity contribution in [2.45, 2.75) is 39.2 Å². The number of nitrogens with one attached hydrogen (secondary N) is 4. The molecule has 1 unspecified atom stereocenters. The molecule has 2 heterocycles. The molecule has 1 aromatic carbocycles. The van der Waals surface area contributed by atoms with Crippen molar-refractivity contribution in [3.05, 3.63) is 69.6 Å². The molecular formula is C25H31N7O2S. The second-order valence-corrected chi connectivity index (χ2v) is 10.0.